The first-order valence-corrected chi connectivity index (χ1v) is 7.41. The van der Waals surface area contributed by atoms with Gasteiger partial charge in [-0.05, 0) is 43.3 Å². The predicted molar refractivity (Wildman–Crippen MR) is 86.6 cm³/mol. The van der Waals surface area contributed by atoms with Gasteiger partial charge in [-0.25, -0.2) is 4.79 Å². The molecule has 0 aliphatic heterocycles. The highest BCUT2D eigenvalue weighted by atomic mass is 16.6. The number of carbonyl (C=O) groups excluding carboxylic acids is 1. The largest absolute Gasteiger partial charge is 0.497 e. The van der Waals surface area contributed by atoms with Gasteiger partial charge in [0.2, 0.25) is 5.89 Å². The molecule has 0 aliphatic carbocycles. The van der Waals surface area contributed by atoms with Gasteiger partial charge in [0, 0.05) is 5.56 Å². The summed E-state index contributed by atoms with van der Waals surface area (Å²) in [4.78, 5) is 12.2. The Kier molecular flexibility index (Phi) is 4.56. The van der Waals surface area contributed by atoms with Gasteiger partial charge >= 0.3 is 5.97 Å². The summed E-state index contributed by atoms with van der Waals surface area (Å²) in [5.74, 6) is 0.835. The van der Waals surface area contributed by atoms with Crippen molar-refractivity contribution in [3.05, 3.63) is 66.1 Å². The number of esters is 1. The molecule has 0 amide bonds. The van der Waals surface area contributed by atoms with E-state index in [0.29, 0.717) is 17.2 Å². The van der Waals surface area contributed by atoms with Crippen molar-refractivity contribution in [2.45, 2.75) is 13.0 Å². The summed E-state index contributed by atoms with van der Waals surface area (Å²) in [5.41, 5.74) is 1.23. The van der Waals surface area contributed by atoms with Crippen molar-refractivity contribution < 1.29 is 18.7 Å². The second kappa shape index (κ2) is 6.95. The van der Waals surface area contributed by atoms with Crippen LogP contribution in [0.4, 0.5) is 0 Å². The fourth-order valence-electron chi connectivity index (χ4n) is 2.10. The average Bonchev–Trinajstić information content (AvgIpc) is 3.13. The molecule has 1 aromatic heterocycles. The van der Waals surface area contributed by atoms with Gasteiger partial charge in [0.15, 0.2) is 6.10 Å². The first-order chi connectivity index (χ1) is 11.7. The second-order valence-corrected chi connectivity index (χ2v) is 5.09. The lowest BCUT2D eigenvalue weighted by Crippen LogP contribution is -2.09. The van der Waals surface area contributed by atoms with Crippen molar-refractivity contribution in [1.82, 2.24) is 10.2 Å². The fraction of sp³-hybridized carbons (Fsp3) is 0.167. The number of hydrogen-bond donors (Lipinski definition) is 0. The Balaban J connectivity index is 1.69. The monoisotopic (exact) mass is 324 g/mol. The molecular weight excluding hydrogens is 308 g/mol. The van der Waals surface area contributed by atoms with Crippen LogP contribution in [0.1, 0.15) is 29.3 Å². The maximum Gasteiger partial charge on any atom is 0.338 e. The van der Waals surface area contributed by atoms with Crippen LogP contribution < -0.4 is 4.74 Å². The van der Waals surface area contributed by atoms with Crippen molar-refractivity contribution in [3.63, 3.8) is 0 Å². The third-order valence-corrected chi connectivity index (χ3v) is 3.42. The predicted octanol–water partition coefficient (Wildman–Crippen LogP) is 3.66. The molecule has 0 bridgehead atoms. The smallest absolute Gasteiger partial charge is 0.338 e. The highest BCUT2D eigenvalue weighted by Crippen LogP contribution is 2.23. The van der Waals surface area contributed by atoms with E-state index in [1.54, 1.807) is 38.3 Å². The van der Waals surface area contributed by atoms with Gasteiger partial charge < -0.3 is 13.9 Å². The Hall–Kier alpha value is -3.15. The molecule has 2 aromatic carbocycles. The lowest BCUT2D eigenvalue weighted by Gasteiger charge is -2.09. The Morgan fingerprint density at radius 2 is 1.75 bits per heavy atom. The van der Waals surface area contributed by atoms with Gasteiger partial charge in [-0.3, -0.25) is 0 Å². The van der Waals surface area contributed by atoms with Gasteiger partial charge in [-0.1, -0.05) is 18.2 Å². The van der Waals surface area contributed by atoms with Crippen molar-refractivity contribution in [1.29, 1.82) is 0 Å². The minimum absolute atomic E-state index is 0.246. The van der Waals surface area contributed by atoms with E-state index < -0.39 is 12.1 Å². The quantitative estimate of drug-likeness (QED) is 0.667. The lowest BCUT2D eigenvalue weighted by molar-refractivity contribution is 0.0280. The van der Waals surface area contributed by atoms with Crippen LogP contribution in [-0.2, 0) is 4.74 Å². The molecule has 1 atom stereocenters. The molecule has 0 aliphatic rings. The molecule has 0 spiro atoms. The molecule has 0 saturated carbocycles. The Morgan fingerprint density at radius 3 is 2.42 bits per heavy atom. The zero-order valence-electron chi connectivity index (χ0n) is 13.3. The van der Waals surface area contributed by atoms with Crippen molar-refractivity contribution in [3.8, 4) is 17.2 Å². The summed E-state index contributed by atoms with van der Waals surface area (Å²) in [6.07, 6.45) is -0.649. The third kappa shape index (κ3) is 3.43. The summed E-state index contributed by atoms with van der Waals surface area (Å²) in [6, 6.07) is 16.1. The van der Waals surface area contributed by atoms with E-state index in [4.69, 9.17) is 13.9 Å². The average molecular weight is 324 g/mol. The number of hydrogen-bond acceptors (Lipinski definition) is 6. The van der Waals surface area contributed by atoms with Crippen LogP contribution in [0.15, 0.2) is 59.0 Å². The zero-order chi connectivity index (χ0) is 16.9. The van der Waals surface area contributed by atoms with E-state index in [1.807, 2.05) is 30.3 Å². The van der Waals surface area contributed by atoms with Gasteiger partial charge in [0.05, 0.1) is 12.7 Å². The van der Waals surface area contributed by atoms with Crippen LogP contribution in [0.2, 0.25) is 0 Å². The normalized spacial score (nSPS) is 11.8. The van der Waals surface area contributed by atoms with E-state index >= 15 is 0 Å². The Bertz CT molecular complexity index is 813. The fourth-order valence-corrected chi connectivity index (χ4v) is 2.10. The van der Waals surface area contributed by atoms with Crippen LogP contribution in [-0.4, -0.2) is 23.3 Å². The number of carbonyl (C=O) groups is 1. The second-order valence-electron chi connectivity index (χ2n) is 5.09. The van der Waals surface area contributed by atoms with Crippen LogP contribution in [0.5, 0.6) is 5.75 Å². The van der Waals surface area contributed by atoms with Crippen LogP contribution in [0.25, 0.3) is 11.5 Å². The Morgan fingerprint density at radius 1 is 1.04 bits per heavy atom. The molecule has 1 heterocycles. The minimum Gasteiger partial charge on any atom is -0.497 e. The molecule has 24 heavy (non-hydrogen) atoms. The number of benzene rings is 2. The summed E-state index contributed by atoms with van der Waals surface area (Å²) in [5, 5.41) is 7.94. The molecule has 122 valence electrons. The summed E-state index contributed by atoms with van der Waals surface area (Å²) in [6.45, 7) is 1.68. The van der Waals surface area contributed by atoms with Crippen LogP contribution in [0.3, 0.4) is 0 Å². The van der Waals surface area contributed by atoms with Gasteiger partial charge in [-0.2, -0.15) is 0 Å². The molecule has 0 saturated heterocycles. The number of rotatable bonds is 5. The lowest BCUT2D eigenvalue weighted by atomic mass is 10.2. The highest BCUT2D eigenvalue weighted by Gasteiger charge is 2.20. The Labute approximate surface area is 139 Å². The number of aromatic nitrogens is 2. The van der Waals surface area contributed by atoms with Crippen LogP contribution >= 0.6 is 0 Å². The molecule has 3 rings (SSSR count). The van der Waals surface area contributed by atoms with Crippen LogP contribution in [0, 0.1) is 0 Å². The standard InChI is InChI=1S/C18H16N2O4/c1-12(23-18(21)14-8-10-15(22-2)11-9-14)16-19-20-17(24-16)13-6-4-3-5-7-13/h3-12H,1-2H3/t12-/m1/s1. The minimum atomic E-state index is -0.649. The molecule has 0 radical (unpaired) electrons. The third-order valence-electron chi connectivity index (χ3n) is 3.42. The topological polar surface area (TPSA) is 74.5 Å². The van der Waals surface area contributed by atoms with E-state index in [2.05, 4.69) is 10.2 Å². The van der Waals surface area contributed by atoms with E-state index in [9.17, 15) is 4.79 Å². The number of nitrogens with zero attached hydrogens (tertiary/aromatic N) is 2. The van der Waals surface area contributed by atoms with Gasteiger partial charge in [0.25, 0.3) is 5.89 Å². The first kappa shape index (κ1) is 15.7. The molecule has 0 fully saturated rings. The molecule has 6 heteroatoms. The maximum absolute atomic E-state index is 12.2. The summed E-state index contributed by atoms with van der Waals surface area (Å²) < 4.78 is 16.0. The van der Waals surface area contributed by atoms with Gasteiger partial charge in [-0.15, -0.1) is 10.2 Å². The molecule has 0 N–H and O–H groups in total. The summed E-state index contributed by atoms with van der Waals surface area (Å²) >= 11 is 0. The zero-order valence-corrected chi connectivity index (χ0v) is 13.3. The van der Waals surface area contributed by atoms with Crippen molar-refractivity contribution in [2.75, 3.05) is 7.11 Å². The van der Waals surface area contributed by atoms with Crippen molar-refractivity contribution in [2.24, 2.45) is 0 Å². The van der Waals surface area contributed by atoms with E-state index in [1.165, 1.54) is 0 Å². The number of methoxy groups -OCH3 is 1. The molecular formula is C18H16N2O4. The SMILES string of the molecule is COc1ccc(C(=O)O[C@H](C)c2nnc(-c3ccccc3)o2)cc1. The molecule has 6 nitrogen and oxygen atoms in total. The molecule has 3 aromatic rings. The number of ether oxygens (including phenoxy) is 2. The summed E-state index contributed by atoms with van der Waals surface area (Å²) in [7, 11) is 1.56. The van der Waals surface area contributed by atoms with Crippen molar-refractivity contribution >= 4 is 5.97 Å². The first-order valence-electron chi connectivity index (χ1n) is 7.41. The molecule has 0 unspecified atom stereocenters. The van der Waals surface area contributed by atoms with Gasteiger partial charge in [0.1, 0.15) is 5.75 Å². The van der Waals surface area contributed by atoms with E-state index in [0.717, 1.165) is 5.56 Å². The maximum atomic E-state index is 12.2. The van der Waals surface area contributed by atoms with E-state index in [-0.39, 0.29) is 5.89 Å². The highest BCUT2D eigenvalue weighted by molar-refractivity contribution is 5.89.